The van der Waals surface area contributed by atoms with Gasteiger partial charge in [-0.2, -0.15) is 0 Å². The number of aromatic nitrogens is 1. The highest BCUT2D eigenvalue weighted by molar-refractivity contribution is 7.80. The van der Waals surface area contributed by atoms with E-state index in [2.05, 4.69) is 21.2 Å². The van der Waals surface area contributed by atoms with Gasteiger partial charge in [-0.3, -0.25) is 15.6 Å². The number of thiocarbonyl (C=S) groups is 1. The maximum absolute atomic E-state index is 12.7. The van der Waals surface area contributed by atoms with Crippen LogP contribution in [-0.2, 0) is 4.74 Å². The molecule has 0 bridgehead atoms. The Morgan fingerprint density at radius 1 is 1.22 bits per heavy atom. The molecule has 0 aliphatic rings. The molecule has 0 spiro atoms. The number of furan rings is 1. The van der Waals surface area contributed by atoms with Crippen LogP contribution in [0.3, 0.4) is 0 Å². The van der Waals surface area contributed by atoms with Crippen molar-refractivity contribution in [2.24, 2.45) is 0 Å². The van der Waals surface area contributed by atoms with Crippen LogP contribution in [0.15, 0.2) is 53.1 Å². The van der Waals surface area contributed by atoms with Crippen LogP contribution in [0.25, 0.3) is 22.4 Å². The van der Waals surface area contributed by atoms with Crippen LogP contribution < -0.4 is 16.2 Å². The van der Waals surface area contributed by atoms with Gasteiger partial charge in [0.1, 0.15) is 5.69 Å². The van der Waals surface area contributed by atoms with Gasteiger partial charge in [-0.1, -0.05) is 18.2 Å². The van der Waals surface area contributed by atoms with E-state index in [0.717, 1.165) is 11.8 Å². The summed E-state index contributed by atoms with van der Waals surface area (Å²) >= 11 is 5.15. The molecule has 0 unspecified atom stereocenters. The summed E-state index contributed by atoms with van der Waals surface area (Å²) in [6.45, 7) is 1.29. The fourth-order valence-corrected chi connectivity index (χ4v) is 2.71. The lowest BCUT2D eigenvalue weighted by Gasteiger charge is -2.13. The van der Waals surface area contributed by atoms with E-state index in [1.807, 2.05) is 24.3 Å². The number of carbonyl (C=O) groups excluding carboxylic acids is 1. The van der Waals surface area contributed by atoms with Crippen molar-refractivity contribution in [3.05, 3.63) is 54.3 Å². The molecule has 0 saturated carbocycles. The van der Waals surface area contributed by atoms with Gasteiger partial charge in [0, 0.05) is 25.6 Å². The second-order valence-corrected chi connectivity index (χ2v) is 6.14. The van der Waals surface area contributed by atoms with E-state index in [1.165, 1.54) is 0 Å². The smallest absolute Gasteiger partial charge is 0.270 e. The highest BCUT2D eigenvalue weighted by atomic mass is 32.1. The third-order valence-corrected chi connectivity index (χ3v) is 4.08. The minimum atomic E-state index is -0.317. The number of pyridine rings is 1. The number of amides is 1. The topological polar surface area (TPSA) is 88.4 Å². The summed E-state index contributed by atoms with van der Waals surface area (Å²) in [4.78, 5) is 17.3. The molecule has 0 atom stereocenters. The molecule has 0 saturated heterocycles. The lowest BCUT2D eigenvalue weighted by molar-refractivity contribution is 0.0945. The van der Waals surface area contributed by atoms with Crippen LogP contribution in [0.4, 0.5) is 0 Å². The molecule has 1 aromatic carbocycles. The number of rotatable bonds is 6. The molecule has 3 N–H and O–H groups in total. The van der Waals surface area contributed by atoms with Gasteiger partial charge in [0.25, 0.3) is 5.91 Å². The predicted molar refractivity (Wildman–Crippen MR) is 107 cm³/mol. The summed E-state index contributed by atoms with van der Waals surface area (Å²) in [6.07, 6.45) is 2.38. The standard InChI is InChI=1S/C19H20N4O3S/c1-25-10-5-9-20-19(27)23-22-18(24)14-12-16(17-8-4-11-26-17)21-15-7-3-2-6-13(14)15/h2-4,6-8,11-12H,5,9-10H2,1H3,(H,22,24)(H2,20,23,27). The zero-order valence-corrected chi connectivity index (χ0v) is 15.6. The number of hydrazine groups is 1. The summed E-state index contributed by atoms with van der Waals surface area (Å²) in [5.41, 5.74) is 7.10. The first-order valence-corrected chi connectivity index (χ1v) is 8.86. The van der Waals surface area contributed by atoms with E-state index in [0.29, 0.717) is 40.8 Å². The predicted octanol–water partition coefficient (Wildman–Crippen LogP) is 2.64. The second kappa shape index (κ2) is 9.11. The van der Waals surface area contributed by atoms with Gasteiger partial charge in [-0.05, 0) is 42.9 Å². The molecule has 7 nitrogen and oxygen atoms in total. The zero-order valence-electron chi connectivity index (χ0n) is 14.8. The molecule has 3 rings (SSSR count). The molecule has 140 valence electrons. The van der Waals surface area contributed by atoms with Crippen LogP contribution in [0, 0.1) is 0 Å². The average Bonchev–Trinajstić information content (AvgIpc) is 3.23. The van der Waals surface area contributed by atoms with E-state index in [4.69, 9.17) is 21.4 Å². The highest BCUT2D eigenvalue weighted by Crippen LogP contribution is 2.25. The van der Waals surface area contributed by atoms with Crippen molar-refractivity contribution in [1.82, 2.24) is 21.2 Å². The Bertz CT molecular complexity index is 928. The van der Waals surface area contributed by atoms with Crippen molar-refractivity contribution in [1.29, 1.82) is 0 Å². The largest absolute Gasteiger partial charge is 0.463 e. The minimum Gasteiger partial charge on any atom is -0.463 e. The minimum absolute atomic E-state index is 0.317. The number of para-hydroxylation sites is 1. The lowest BCUT2D eigenvalue weighted by Crippen LogP contribution is -2.47. The van der Waals surface area contributed by atoms with Crippen molar-refractivity contribution in [2.45, 2.75) is 6.42 Å². The maximum atomic E-state index is 12.7. The molecule has 3 aromatic rings. The number of nitrogens with zero attached hydrogens (tertiary/aromatic N) is 1. The third kappa shape index (κ3) is 4.81. The molecular weight excluding hydrogens is 364 g/mol. The van der Waals surface area contributed by atoms with Crippen molar-refractivity contribution in [3.8, 4) is 11.5 Å². The van der Waals surface area contributed by atoms with Gasteiger partial charge in [0.05, 0.1) is 17.3 Å². The summed E-state index contributed by atoms with van der Waals surface area (Å²) < 4.78 is 10.4. The summed E-state index contributed by atoms with van der Waals surface area (Å²) in [5.74, 6) is 0.278. The van der Waals surface area contributed by atoms with Crippen LogP contribution in [0.5, 0.6) is 0 Å². The van der Waals surface area contributed by atoms with E-state index in [-0.39, 0.29) is 5.91 Å². The summed E-state index contributed by atoms with van der Waals surface area (Å²) in [7, 11) is 1.65. The fourth-order valence-electron chi connectivity index (χ4n) is 2.56. The SMILES string of the molecule is COCCCNC(=S)NNC(=O)c1cc(-c2ccco2)nc2ccccc12. The van der Waals surface area contributed by atoms with Gasteiger partial charge in [0.15, 0.2) is 10.9 Å². The molecule has 27 heavy (non-hydrogen) atoms. The average molecular weight is 384 g/mol. The monoisotopic (exact) mass is 384 g/mol. The number of benzene rings is 1. The number of nitrogens with one attached hydrogen (secondary N) is 3. The Morgan fingerprint density at radius 3 is 2.85 bits per heavy atom. The molecule has 0 radical (unpaired) electrons. The van der Waals surface area contributed by atoms with Crippen molar-refractivity contribution < 1.29 is 13.9 Å². The van der Waals surface area contributed by atoms with Crippen LogP contribution in [-0.4, -0.2) is 36.3 Å². The number of hydrogen-bond donors (Lipinski definition) is 3. The molecule has 0 fully saturated rings. The number of methoxy groups -OCH3 is 1. The Labute approximate surface area is 162 Å². The molecule has 8 heteroatoms. The molecule has 2 heterocycles. The molecule has 0 aliphatic carbocycles. The van der Waals surface area contributed by atoms with Gasteiger partial charge < -0.3 is 14.5 Å². The molecular formula is C19H20N4O3S. The number of fused-ring (bicyclic) bond motifs is 1. The number of hydrogen-bond acceptors (Lipinski definition) is 5. The second-order valence-electron chi connectivity index (χ2n) is 5.73. The zero-order chi connectivity index (χ0) is 19.1. The third-order valence-electron chi connectivity index (χ3n) is 3.83. The first kappa shape index (κ1) is 18.8. The normalized spacial score (nSPS) is 10.6. The summed E-state index contributed by atoms with van der Waals surface area (Å²) in [6, 6.07) is 12.7. The van der Waals surface area contributed by atoms with Gasteiger partial charge >= 0.3 is 0 Å². The van der Waals surface area contributed by atoms with Crippen molar-refractivity contribution in [3.63, 3.8) is 0 Å². The van der Waals surface area contributed by atoms with Crippen LogP contribution in [0.2, 0.25) is 0 Å². The Balaban J connectivity index is 1.75. The van der Waals surface area contributed by atoms with E-state index >= 15 is 0 Å². The van der Waals surface area contributed by atoms with Crippen LogP contribution >= 0.6 is 12.2 Å². The highest BCUT2D eigenvalue weighted by Gasteiger charge is 2.15. The Hall–Kier alpha value is -2.97. The van der Waals surface area contributed by atoms with Crippen LogP contribution in [0.1, 0.15) is 16.8 Å². The van der Waals surface area contributed by atoms with E-state index in [1.54, 1.807) is 31.6 Å². The van der Waals surface area contributed by atoms with Crippen molar-refractivity contribution in [2.75, 3.05) is 20.3 Å². The van der Waals surface area contributed by atoms with Gasteiger partial charge in [-0.25, -0.2) is 4.98 Å². The first-order chi connectivity index (χ1) is 13.2. The molecule has 1 amide bonds. The van der Waals surface area contributed by atoms with Gasteiger partial charge in [0.2, 0.25) is 0 Å². The van der Waals surface area contributed by atoms with Gasteiger partial charge in [-0.15, -0.1) is 0 Å². The summed E-state index contributed by atoms with van der Waals surface area (Å²) in [5, 5.41) is 4.07. The maximum Gasteiger partial charge on any atom is 0.270 e. The van der Waals surface area contributed by atoms with Crippen molar-refractivity contribution >= 4 is 34.1 Å². The Morgan fingerprint density at radius 2 is 2.07 bits per heavy atom. The quantitative estimate of drug-likeness (QED) is 0.342. The fraction of sp³-hybridized carbons (Fsp3) is 0.211. The number of ether oxygens (including phenoxy) is 1. The number of carbonyl (C=O) groups is 1. The van der Waals surface area contributed by atoms with E-state index in [9.17, 15) is 4.79 Å². The first-order valence-electron chi connectivity index (χ1n) is 8.46. The molecule has 0 aliphatic heterocycles. The lowest BCUT2D eigenvalue weighted by atomic mass is 10.1. The van der Waals surface area contributed by atoms with E-state index < -0.39 is 0 Å². The Kier molecular flexibility index (Phi) is 6.35. The molecule has 2 aromatic heterocycles.